The minimum atomic E-state index is 0.358. The van der Waals surface area contributed by atoms with Crippen molar-refractivity contribution in [3.05, 3.63) is 29.8 Å². The molecule has 1 unspecified atom stereocenters. The predicted molar refractivity (Wildman–Crippen MR) is 68.7 cm³/mol. The molecule has 2 N–H and O–H groups in total. The molecule has 0 bridgehead atoms. The summed E-state index contributed by atoms with van der Waals surface area (Å²) in [5.74, 6) is 1.11. The number of benzene rings is 1. The normalized spacial score (nSPS) is 13.0. The first-order chi connectivity index (χ1) is 7.61. The maximum absolute atomic E-state index is 9.40. The van der Waals surface area contributed by atoms with Crippen LogP contribution < -0.4 is 5.32 Å². The fraction of sp³-hybridized carbons (Fsp3) is 0.571. The summed E-state index contributed by atoms with van der Waals surface area (Å²) in [6.07, 6.45) is 3.41. The Kier molecular flexibility index (Phi) is 5.33. The van der Waals surface area contributed by atoms with E-state index in [1.807, 2.05) is 19.2 Å². The van der Waals surface area contributed by atoms with Crippen molar-refractivity contribution < 1.29 is 5.11 Å². The quantitative estimate of drug-likeness (QED) is 0.774. The average molecular weight is 221 g/mol. The van der Waals surface area contributed by atoms with E-state index >= 15 is 0 Å². The number of nitrogens with one attached hydrogen (secondary N) is 1. The summed E-state index contributed by atoms with van der Waals surface area (Å²) < 4.78 is 0. The molecule has 1 aromatic rings. The molecule has 0 saturated heterocycles. The molecule has 0 aliphatic heterocycles. The van der Waals surface area contributed by atoms with Gasteiger partial charge in [0.15, 0.2) is 0 Å². The molecule has 0 aliphatic carbocycles. The van der Waals surface area contributed by atoms with Crippen LogP contribution in [0.1, 0.15) is 32.3 Å². The van der Waals surface area contributed by atoms with Gasteiger partial charge in [0.2, 0.25) is 0 Å². The molecule has 1 aromatic carbocycles. The van der Waals surface area contributed by atoms with Gasteiger partial charge >= 0.3 is 0 Å². The van der Waals surface area contributed by atoms with E-state index in [4.69, 9.17) is 0 Å². The van der Waals surface area contributed by atoms with Gasteiger partial charge in [0, 0.05) is 6.04 Å². The number of hydrogen-bond acceptors (Lipinski definition) is 2. The third kappa shape index (κ3) is 4.67. The zero-order valence-electron chi connectivity index (χ0n) is 10.5. The largest absolute Gasteiger partial charge is 0.508 e. The number of phenolic OH excluding ortho intramolecular Hbond substituents is 1. The highest BCUT2D eigenvalue weighted by Gasteiger charge is 2.08. The second-order valence-electron chi connectivity index (χ2n) is 4.83. The van der Waals surface area contributed by atoms with Gasteiger partial charge in [0.05, 0.1) is 0 Å². The lowest BCUT2D eigenvalue weighted by atomic mass is 9.98. The van der Waals surface area contributed by atoms with Gasteiger partial charge in [0.25, 0.3) is 0 Å². The summed E-state index contributed by atoms with van der Waals surface area (Å²) in [4.78, 5) is 0. The van der Waals surface area contributed by atoms with E-state index in [-0.39, 0.29) is 0 Å². The first kappa shape index (κ1) is 13.0. The molecule has 90 valence electrons. The lowest BCUT2D eigenvalue weighted by Gasteiger charge is -2.17. The first-order valence-corrected chi connectivity index (χ1v) is 6.07. The highest BCUT2D eigenvalue weighted by Crippen LogP contribution is 2.15. The summed E-state index contributed by atoms with van der Waals surface area (Å²) >= 11 is 0. The Morgan fingerprint density at radius 1 is 1.25 bits per heavy atom. The average Bonchev–Trinajstić information content (AvgIpc) is 2.24. The molecular formula is C14H23NO. The van der Waals surface area contributed by atoms with Gasteiger partial charge in [-0.05, 0) is 49.9 Å². The molecule has 2 nitrogen and oxygen atoms in total. The number of aromatic hydroxyl groups is 1. The van der Waals surface area contributed by atoms with Crippen LogP contribution >= 0.6 is 0 Å². The molecule has 0 fully saturated rings. The van der Waals surface area contributed by atoms with Crippen LogP contribution in [0, 0.1) is 5.92 Å². The molecule has 1 atom stereocenters. The second kappa shape index (κ2) is 6.54. The van der Waals surface area contributed by atoms with Gasteiger partial charge in [-0.1, -0.05) is 26.0 Å². The SMILES string of the molecule is CNC(CCC(C)C)Cc1cccc(O)c1. The van der Waals surface area contributed by atoms with Crippen LogP contribution in [0.2, 0.25) is 0 Å². The summed E-state index contributed by atoms with van der Waals surface area (Å²) in [7, 11) is 2.01. The third-order valence-electron chi connectivity index (χ3n) is 2.89. The van der Waals surface area contributed by atoms with Crippen molar-refractivity contribution in [2.45, 2.75) is 39.2 Å². The Bertz CT molecular complexity index is 309. The van der Waals surface area contributed by atoms with Crippen molar-refractivity contribution in [1.29, 1.82) is 0 Å². The predicted octanol–water partition coefficient (Wildman–Crippen LogP) is 2.96. The van der Waals surface area contributed by atoms with Crippen molar-refractivity contribution in [3.8, 4) is 5.75 Å². The molecule has 0 heterocycles. The fourth-order valence-corrected chi connectivity index (χ4v) is 1.85. The topological polar surface area (TPSA) is 32.3 Å². The number of phenols is 1. The summed E-state index contributed by atoms with van der Waals surface area (Å²) in [5, 5.41) is 12.7. The van der Waals surface area contributed by atoms with Crippen molar-refractivity contribution in [3.63, 3.8) is 0 Å². The molecule has 1 rings (SSSR count). The van der Waals surface area contributed by atoms with Crippen molar-refractivity contribution in [1.82, 2.24) is 5.32 Å². The summed E-state index contributed by atoms with van der Waals surface area (Å²) in [5.41, 5.74) is 1.20. The zero-order chi connectivity index (χ0) is 12.0. The van der Waals surface area contributed by atoms with E-state index in [0.29, 0.717) is 11.8 Å². The first-order valence-electron chi connectivity index (χ1n) is 6.07. The van der Waals surface area contributed by atoms with Crippen LogP contribution in [0.3, 0.4) is 0 Å². The monoisotopic (exact) mass is 221 g/mol. The van der Waals surface area contributed by atoms with Crippen LogP contribution in [-0.2, 0) is 6.42 Å². The fourth-order valence-electron chi connectivity index (χ4n) is 1.85. The van der Waals surface area contributed by atoms with Gasteiger partial charge in [-0.15, -0.1) is 0 Å². The molecule has 0 aliphatic rings. The van der Waals surface area contributed by atoms with E-state index in [1.54, 1.807) is 6.07 Å². The Hall–Kier alpha value is -1.02. The van der Waals surface area contributed by atoms with E-state index in [0.717, 1.165) is 12.3 Å². The highest BCUT2D eigenvalue weighted by atomic mass is 16.3. The third-order valence-corrected chi connectivity index (χ3v) is 2.89. The summed E-state index contributed by atoms with van der Waals surface area (Å²) in [6, 6.07) is 8.04. The molecule has 2 heteroatoms. The van der Waals surface area contributed by atoms with Gasteiger partial charge in [-0.2, -0.15) is 0 Å². The maximum Gasteiger partial charge on any atom is 0.115 e. The Labute approximate surface area is 98.7 Å². The van der Waals surface area contributed by atoms with Crippen LogP contribution in [0.5, 0.6) is 5.75 Å². The van der Waals surface area contributed by atoms with Gasteiger partial charge in [0.1, 0.15) is 5.75 Å². The van der Waals surface area contributed by atoms with Gasteiger partial charge in [-0.25, -0.2) is 0 Å². The number of likely N-dealkylation sites (N-methyl/N-ethyl adjacent to an activating group) is 1. The molecule has 0 saturated carbocycles. The van der Waals surface area contributed by atoms with E-state index in [9.17, 15) is 5.11 Å². The molecule has 16 heavy (non-hydrogen) atoms. The zero-order valence-corrected chi connectivity index (χ0v) is 10.5. The number of hydrogen-bond donors (Lipinski definition) is 2. The maximum atomic E-state index is 9.40. The molecule has 0 radical (unpaired) electrons. The van der Waals surface area contributed by atoms with E-state index in [1.165, 1.54) is 18.4 Å². The Morgan fingerprint density at radius 2 is 2.00 bits per heavy atom. The molecular weight excluding hydrogens is 198 g/mol. The van der Waals surface area contributed by atoms with Gasteiger partial charge < -0.3 is 10.4 Å². The van der Waals surface area contributed by atoms with Crippen molar-refractivity contribution in [2.75, 3.05) is 7.05 Å². The smallest absolute Gasteiger partial charge is 0.115 e. The highest BCUT2D eigenvalue weighted by molar-refractivity contribution is 5.27. The minimum Gasteiger partial charge on any atom is -0.508 e. The molecule has 0 spiro atoms. The standard InChI is InChI=1S/C14H23NO/c1-11(2)7-8-13(15-3)9-12-5-4-6-14(16)10-12/h4-6,10-11,13,15-16H,7-9H2,1-3H3. The van der Waals surface area contributed by atoms with Crippen LogP contribution in [0.25, 0.3) is 0 Å². The van der Waals surface area contributed by atoms with Crippen LogP contribution in [0.15, 0.2) is 24.3 Å². The minimum absolute atomic E-state index is 0.358. The van der Waals surface area contributed by atoms with Crippen molar-refractivity contribution in [2.24, 2.45) is 5.92 Å². The molecule has 0 aromatic heterocycles. The van der Waals surface area contributed by atoms with E-state index < -0.39 is 0 Å². The van der Waals surface area contributed by atoms with Crippen molar-refractivity contribution >= 4 is 0 Å². The summed E-state index contributed by atoms with van der Waals surface area (Å²) in [6.45, 7) is 4.50. The van der Waals surface area contributed by atoms with Crippen LogP contribution in [0.4, 0.5) is 0 Å². The van der Waals surface area contributed by atoms with Gasteiger partial charge in [-0.3, -0.25) is 0 Å². The lowest BCUT2D eigenvalue weighted by molar-refractivity contribution is 0.448. The lowest BCUT2D eigenvalue weighted by Crippen LogP contribution is -2.27. The Balaban J connectivity index is 2.49. The molecule has 0 amide bonds. The Morgan fingerprint density at radius 3 is 2.56 bits per heavy atom. The van der Waals surface area contributed by atoms with E-state index in [2.05, 4.69) is 25.2 Å². The second-order valence-corrected chi connectivity index (χ2v) is 4.83. The number of rotatable bonds is 6. The van der Waals surface area contributed by atoms with Crippen LogP contribution in [-0.4, -0.2) is 18.2 Å².